The monoisotopic (exact) mass is 400 g/mol. The molecule has 0 saturated carbocycles. The zero-order valence-corrected chi connectivity index (χ0v) is 16.9. The van der Waals surface area contributed by atoms with E-state index in [2.05, 4.69) is 18.7 Å². The predicted octanol–water partition coefficient (Wildman–Crippen LogP) is 5.42. The van der Waals surface area contributed by atoms with Crippen LogP contribution >= 0.6 is 23.4 Å². The molecule has 27 heavy (non-hydrogen) atoms. The molecule has 0 N–H and O–H groups in total. The van der Waals surface area contributed by atoms with E-state index in [1.165, 1.54) is 4.90 Å². The molecular weight excluding hydrogens is 380 g/mol. The van der Waals surface area contributed by atoms with Crippen LogP contribution in [0.25, 0.3) is 6.08 Å². The molecule has 1 fully saturated rings. The fourth-order valence-corrected chi connectivity index (χ4v) is 3.99. The Balaban J connectivity index is 1.77. The number of rotatable bonds is 6. The highest BCUT2D eigenvalue weighted by Crippen LogP contribution is 2.34. The van der Waals surface area contributed by atoms with E-state index in [0.717, 1.165) is 41.7 Å². The van der Waals surface area contributed by atoms with E-state index in [-0.39, 0.29) is 17.7 Å². The number of halogens is 1. The van der Waals surface area contributed by atoms with Crippen molar-refractivity contribution < 1.29 is 9.59 Å². The molecule has 1 saturated heterocycles. The van der Waals surface area contributed by atoms with Crippen LogP contribution in [0.5, 0.6) is 0 Å². The summed E-state index contributed by atoms with van der Waals surface area (Å²) in [4.78, 5) is 28.9. The van der Waals surface area contributed by atoms with Gasteiger partial charge in [-0.05, 0) is 61.0 Å². The van der Waals surface area contributed by atoms with E-state index in [1.807, 2.05) is 42.5 Å². The summed E-state index contributed by atoms with van der Waals surface area (Å²) in [5.74, 6) is -0.280. The summed E-state index contributed by atoms with van der Waals surface area (Å²) in [7, 11) is 0. The molecule has 2 aromatic carbocycles. The van der Waals surface area contributed by atoms with Crippen LogP contribution in [0.3, 0.4) is 0 Å². The highest BCUT2D eigenvalue weighted by Gasteiger charge is 2.35. The number of carbonyl (C=O) groups excluding carboxylic acids is 2. The van der Waals surface area contributed by atoms with Gasteiger partial charge in [0.1, 0.15) is 0 Å². The molecule has 1 aliphatic heterocycles. The van der Waals surface area contributed by atoms with Crippen LogP contribution in [-0.4, -0.2) is 29.1 Å². The number of amides is 2. The fraction of sp³-hybridized carbons (Fsp3) is 0.238. The van der Waals surface area contributed by atoms with Crippen LogP contribution < -0.4 is 4.90 Å². The maximum atomic E-state index is 12.7. The number of carbonyl (C=O) groups is 2. The molecule has 1 heterocycles. The first-order chi connectivity index (χ1) is 13.0. The van der Waals surface area contributed by atoms with Gasteiger partial charge in [-0.1, -0.05) is 41.9 Å². The molecule has 1 aliphatic rings. The molecule has 2 aromatic rings. The van der Waals surface area contributed by atoms with E-state index in [4.69, 9.17) is 11.6 Å². The summed E-state index contributed by atoms with van der Waals surface area (Å²) in [6.07, 6.45) is 1.77. The Morgan fingerprint density at radius 2 is 1.70 bits per heavy atom. The number of imide groups is 1. The van der Waals surface area contributed by atoms with Crippen molar-refractivity contribution in [2.24, 2.45) is 0 Å². The first-order valence-corrected chi connectivity index (χ1v) is 10.1. The lowest BCUT2D eigenvalue weighted by molar-refractivity contribution is -0.123. The Bertz CT molecular complexity index is 876. The van der Waals surface area contributed by atoms with Gasteiger partial charge in [0.25, 0.3) is 11.1 Å². The second-order valence-corrected chi connectivity index (χ2v) is 7.52. The van der Waals surface area contributed by atoms with E-state index >= 15 is 0 Å². The summed E-state index contributed by atoms with van der Waals surface area (Å²) < 4.78 is 0. The van der Waals surface area contributed by atoms with Crippen molar-refractivity contribution in [3.05, 3.63) is 69.6 Å². The summed E-state index contributed by atoms with van der Waals surface area (Å²) in [6.45, 7) is 6.30. The molecule has 140 valence electrons. The van der Waals surface area contributed by atoms with Crippen LogP contribution in [-0.2, 0) is 11.3 Å². The molecule has 0 aliphatic carbocycles. The van der Waals surface area contributed by atoms with Gasteiger partial charge in [0.05, 0.1) is 11.4 Å². The van der Waals surface area contributed by atoms with E-state index in [0.29, 0.717) is 9.93 Å². The third kappa shape index (κ3) is 4.37. The maximum Gasteiger partial charge on any atom is 0.293 e. The summed E-state index contributed by atoms with van der Waals surface area (Å²) in [5.41, 5.74) is 2.80. The Kier molecular flexibility index (Phi) is 6.24. The third-order valence-corrected chi connectivity index (χ3v) is 5.76. The molecule has 0 bridgehead atoms. The number of thioether (sulfide) groups is 1. The summed E-state index contributed by atoms with van der Waals surface area (Å²) >= 11 is 7.12. The highest BCUT2D eigenvalue weighted by molar-refractivity contribution is 8.18. The molecule has 4 nitrogen and oxygen atoms in total. The number of benzene rings is 2. The van der Waals surface area contributed by atoms with Gasteiger partial charge >= 0.3 is 0 Å². The zero-order valence-electron chi connectivity index (χ0n) is 15.3. The quantitative estimate of drug-likeness (QED) is 0.607. The lowest BCUT2D eigenvalue weighted by Crippen LogP contribution is -2.27. The Morgan fingerprint density at radius 1 is 1.04 bits per heavy atom. The minimum Gasteiger partial charge on any atom is -0.372 e. The molecule has 3 rings (SSSR count). The zero-order chi connectivity index (χ0) is 19.4. The minimum atomic E-state index is -0.280. The van der Waals surface area contributed by atoms with Gasteiger partial charge in [0, 0.05) is 23.8 Å². The molecular formula is C21H21ClN2O2S. The number of nitrogens with zero attached hydrogens (tertiary/aromatic N) is 2. The smallest absolute Gasteiger partial charge is 0.293 e. The summed E-state index contributed by atoms with van der Waals surface area (Å²) in [6, 6.07) is 15.2. The normalized spacial score (nSPS) is 15.7. The first kappa shape index (κ1) is 19.5. The number of hydrogen-bond acceptors (Lipinski definition) is 4. The average molecular weight is 401 g/mol. The Labute approximate surface area is 168 Å². The van der Waals surface area contributed by atoms with Gasteiger partial charge in [0.2, 0.25) is 0 Å². The Morgan fingerprint density at radius 3 is 2.33 bits per heavy atom. The van der Waals surface area contributed by atoms with Crippen LogP contribution in [0, 0.1) is 0 Å². The third-order valence-electron chi connectivity index (χ3n) is 4.48. The average Bonchev–Trinajstić information content (AvgIpc) is 2.93. The topological polar surface area (TPSA) is 40.6 Å². The minimum absolute atomic E-state index is 0.183. The van der Waals surface area contributed by atoms with Crippen molar-refractivity contribution in [1.29, 1.82) is 0 Å². The van der Waals surface area contributed by atoms with E-state index in [9.17, 15) is 9.59 Å². The van der Waals surface area contributed by atoms with Crippen LogP contribution in [0.1, 0.15) is 25.0 Å². The van der Waals surface area contributed by atoms with Crippen molar-refractivity contribution in [2.45, 2.75) is 20.4 Å². The van der Waals surface area contributed by atoms with Crippen molar-refractivity contribution >= 4 is 46.3 Å². The van der Waals surface area contributed by atoms with Crippen molar-refractivity contribution in [1.82, 2.24) is 4.90 Å². The second-order valence-electron chi connectivity index (χ2n) is 6.12. The SMILES string of the molecule is CCN(CC)c1ccc(/C=C2\SC(=O)N(Cc3ccccc3Cl)C2=O)cc1. The van der Waals surface area contributed by atoms with Crippen LogP contribution in [0.4, 0.5) is 10.5 Å². The molecule has 0 atom stereocenters. The van der Waals surface area contributed by atoms with E-state index < -0.39 is 0 Å². The molecule has 2 amide bonds. The predicted molar refractivity (Wildman–Crippen MR) is 113 cm³/mol. The van der Waals surface area contributed by atoms with Crippen LogP contribution in [0.2, 0.25) is 5.02 Å². The van der Waals surface area contributed by atoms with Gasteiger partial charge in [-0.25, -0.2) is 0 Å². The lowest BCUT2D eigenvalue weighted by atomic mass is 10.1. The fourth-order valence-electron chi connectivity index (χ4n) is 2.95. The summed E-state index contributed by atoms with van der Waals surface area (Å²) in [5, 5.41) is 0.276. The Hall–Kier alpha value is -2.24. The number of anilines is 1. The maximum absolute atomic E-state index is 12.7. The molecule has 6 heteroatoms. The number of hydrogen-bond donors (Lipinski definition) is 0. The van der Waals surface area contributed by atoms with Crippen molar-refractivity contribution in [2.75, 3.05) is 18.0 Å². The van der Waals surface area contributed by atoms with Crippen molar-refractivity contribution in [3.63, 3.8) is 0 Å². The van der Waals surface area contributed by atoms with Gasteiger partial charge in [-0.2, -0.15) is 0 Å². The largest absolute Gasteiger partial charge is 0.372 e. The first-order valence-electron chi connectivity index (χ1n) is 8.87. The van der Waals surface area contributed by atoms with Gasteiger partial charge in [0.15, 0.2) is 0 Å². The molecule has 0 aromatic heterocycles. The van der Waals surface area contributed by atoms with Gasteiger partial charge in [-0.3, -0.25) is 14.5 Å². The molecule has 0 spiro atoms. The van der Waals surface area contributed by atoms with Gasteiger partial charge in [-0.15, -0.1) is 0 Å². The second kappa shape index (κ2) is 8.63. The van der Waals surface area contributed by atoms with Gasteiger partial charge < -0.3 is 4.90 Å². The molecule has 0 radical (unpaired) electrons. The van der Waals surface area contributed by atoms with Crippen molar-refractivity contribution in [3.8, 4) is 0 Å². The highest BCUT2D eigenvalue weighted by atomic mass is 35.5. The van der Waals surface area contributed by atoms with Crippen LogP contribution in [0.15, 0.2) is 53.4 Å². The lowest BCUT2D eigenvalue weighted by Gasteiger charge is -2.20. The standard InChI is InChI=1S/C21H21ClN2O2S/c1-3-23(4-2)17-11-9-15(10-12-17)13-19-20(25)24(21(26)27-19)14-16-7-5-6-8-18(16)22/h5-13H,3-4,14H2,1-2H3/b19-13-. The molecule has 0 unspecified atom stereocenters. The van der Waals surface area contributed by atoms with E-state index in [1.54, 1.807) is 12.1 Å².